The zero-order chi connectivity index (χ0) is 24.6. The first-order valence-corrected chi connectivity index (χ1v) is 14.0. The number of hydrogen-bond acceptors (Lipinski definition) is 2. The topological polar surface area (TPSA) is 18.5 Å². The van der Waals surface area contributed by atoms with Crippen molar-refractivity contribution in [3.8, 4) is 5.75 Å². The van der Waals surface area contributed by atoms with Gasteiger partial charge in [-0.15, -0.1) is 0 Å². The highest BCUT2D eigenvalue weighted by atomic mass is 19.2. The van der Waals surface area contributed by atoms with Gasteiger partial charge in [0.25, 0.3) is 0 Å². The van der Waals surface area contributed by atoms with E-state index in [1.165, 1.54) is 57.8 Å². The van der Waals surface area contributed by atoms with Crippen LogP contribution in [0, 0.1) is 41.2 Å². The minimum absolute atomic E-state index is 0.00919. The molecule has 3 aliphatic rings. The first kappa shape index (κ1) is 26.6. The molecule has 1 aromatic carbocycles. The predicted molar refractivity (Wildman–Crippen MR) is 134 cm³/mol. The van der Waals surface area contributed by atoms with Crippen molar-refractivity contribution >= 4 is 0 Å². The Morgan fingerprint density at radius 1 is 0.857 bits per heavy atom. The van der Waals surface area contributed by atoms with Gasteiger partial charge >= 0.3 is 0 Å². The highest BCUT2D eigenvalue weighted by Gasteiger charge is 2.34. The second-order valence-electron chi connectivity index (χ2n) is 11.1. The van der Waals surface area contributed by atoms with E-state index in [2.05, 4.69) is 0 Å². The lowest BCUT2D eigenvalue weighted by Crippen LogP contribution is -2.33. The van der Waals surface area contributed by atoms with Crippen LogP contribution in [0.4, 0.5) is 13.2 Å². The van der Waals surface area contributed by atoms with Crippen LogP contribution in [0.25, 0.3) is 0 Å². The maximum absolute atomic E-state index is 14.4. The summed E-state index contributed by atoms with van der Waals surface area (Å²) in [6, 6.07) is 3.25. The van der Waals surface area contributed by atoms with E-state index in [1.54, 1.807) is 25.1 Å². The molecule has 2 aliphatic carbocycles. The van der Waals surface area contributed by atoms with E-state index in [-0.39, 0.29) is 11.9 Å². The predicted octanol–water partition coefficient (Wildman–Crippen LogP) is 8.23. The monoisotopic (exact) mass is 492 g/mol. The van der Waals surface area contributed by atoms with E-state index < -0.39 is 18.3 Å². The SMILES string of the molecule is CCOc1ccc(CCC2CCC(C3CCC(C4CCC(C=CCF)OC4)CC3)CC2)c(F)c1F. The number of hydrogen-bond donors (Lipinski definition) is 0. The van der Waals surface area contributed by atoms with Gasteiger partial charge in [-0.2, -0.15) is 4.39 Å². The molecule has 1 saturated heterocycles. The van der Waals surface area contributed by atoms with E-state index >= 15 is 0 Å². The second-order valence-corrected chi connectivity index (χ2v) is 11.1. The summed E-state index contributed by atoms with van der Waals surface area (Å²) in [6.45, 7) is 2.53. The molecular weight excluding hydrogens is 449 g/mol. The van der Waals surface area contributed by atoms with E-state index in [1.807, 2.05) is 6.08 Å². The largest absolute Gasteiger partial charge is 0.491 e. The molecule has 1 aliphatic heterocycles. The fraction of sp³-hybridized carbons (Fsp3) is 0.733. The molecule has 2 atom stereocenters. The summed E-state index contributed by atoms with van der Waals surface area (Å²) in [6.07, 6.45) is 17.7. The quantitative estimate of drug-likeness (QED) is 0.323. The van der Waals surface area contributed by atoms with Crippen molar-refractivity contribution in [2.75, 3.05) is 19.9 Å². The third-order valence-corrected chi connectivity index (χ3v) is 9.08. The Morgan fingerprint density at radius 3 is 2.09 bits per heavy atom. The molecule has 3 fully saturated rings. The van der Waals surface area contributed by atoms with Crippen molar-refractivity contribution in [3.05, 3.63) is 41.5 Å². The zero-order valence-corrected chi connectivity index (χ0v) is 21.3. The molecule has 0 spiro atoms. The standard InChI is InChI=1S/C30H43F3O2/c1-2-34-28-18-16-25(29(32)30(28)33)10-7-21-5-8-22(9-6-21)23-11-13-24(14-12-23)26-15-17-27(35-20-26)4-3-19-31/h3-4,16,18,21-24,26-27H,2,5-15,17,19-20H2,1H3. The highest BCUT2D eigenvalue weighted by Crippen LogP contribution is 2.45. The number of rotatable bonds is 9. The summed E-state index contributed by atoms with van der Waals surface area (Å²) in [7, 11) is 0. The van der Waals surface area contributed by atoms with Gasteiger partial charge in [-0.3, -0.25) is 0 Å². The molecule has 0 aromatic heterocycles. The van der Waals surface area contributed by atoms with Crippen molar-refractivity contribution < 1.29 is 22.6 Å². The van der Waals surface area contributed by atoms with Crippen LogP contribution < -0.4 is 4.74 Å². The number of allylic oxidation sites excluding steroid dienone is 1. The maximum atomic E-state index is 14.4. The molecule has 35 heavy (non-hydrogen) atoms. The third kappa shape index (κ3) is 7.05. The summed E-state index contributed by atoms with van der Waals surface area (Å²) in [5, 5.41) is 0. The van der Waals surface area contributed by atoms with Gasteiger partial charge < -0.3 is 9.47 Å². The lowest BCUT2D eigenvalue weighted by molar-refractivity contribution is -0.0193. The van der Waals surface area contributed by atoms with Crippen LogP contribution in [0.5, 0.6) is 5.75 Å². The summed E-state index contributed by atoms with van der Waals surface area (Å²) >= 11 is 0. The van der Waals surface area contributed by atoms with Gasteiger partial charge in [-0.05, 0) is 112 Å². The molecule has 1 heterocycles. The fourth-order valence-electron chi connectivity index (χ4n) is 6.95. The number of halogens is 3. The summed E-state index contributed by atoms with van der Waals surface area (Å²) in [5.41, 5.74) is 0.475. The van der Waals surface area contributed by atoms with E-state index in [0.717, 1.165) is 37.2 Å². The fourth-order valence-corrected chi connectivity index (χ4v) is 6.95. The van der Waals surface area contributed by atoms with Crippen molar-refractivity contribution in [2.45, 2.75) is 90.1 Å². The number of benzene rings is 1. The van der Waals surface area contributed by atoms with E-state index in [4.69, 9.17) is 9.47 Å². The van der Waals surface area contributed by atoms with Crippen molar-refractivity contribution in [2.24, 2.45) is 29.6 Å². The Labute approximate surface area is 209 Å². The molecule has 0 bridgehead atoms. The zero-order valence-electron chi connectivity index (χ0n) is 21.3. The van der Waals surface area contributed by atoms with Gasteiger partial charge in [-0.1, -0.05) is 31.1 Å². The minimum Gasteiger partial charge on any atom is -0.491 e. The van der Waals surface area contributed by atoms with Crippen LogP contribution in [0.2, 0.25) is 0 Å². The molecule has 2 unspecified atom stereocenters. The number of ether oxygens (including phenoxy) is 2. The Morgan fingerprint density at radius 2 is 1.49 bits per heavy atom. The number of alkyl halides is 1. The van der Waals surface area contributed by atoms with Crippen LogP contribution >= 0.6 is 0 Å². The van der Waals surface area contributed by atoms with Crippen LogP contribution in [0.15, 0.2) is 24.3 Å². The molecule has 5 heteroatoms. The normalized spacial score (nSPS) is 32.1. The summed E-state index contributed by atoms with van der Waals surface area (Å²) in [5.74, 6) is 2.20. The Bertz CT molecular complexity index is 802. The maximum Gasteiger partial charge on any atom is 0.200 e. The highest BCUT2D eigenvalue weighted by molar-refractivity contribution is 5.31. The van der Waals surface area contributed by atoms with Gasteiger partial charge in [-0.25, -0.2) is 8.78 Å². The lowest BCUT2D eigenvalue weighted by atomic mass is 9.66. The third-order valence-electron chi connectivity index (χ3n) is 9.08. The van der Waals surface area contributed by atoms with Crippen molar-refractivity contribution in [3.63, 3.8) is 0 Å². The lowest BCUT2D eigenvalue weighted by Gasteiger charge is -2.41. The average molecular weight is 493 g/mol. The molecule has 1 aromatic rings. The first-order valence-electron chi connectivity index (χ1n) is 14.0. The van der Waals surface area contributed by atoms with Crippen molar-refractivity contribution in [1.29, 1.82) is 0 Å². The van der Waals surface area contributed by atoms with Gasteiger partial charge in [0.05, 0.1) is 19.3 Å². The van der Waals surface area contributed by atoms with Crippen LogP contribution in [0.3, 0.4) is 0 Å². The molecular formula is C30H43F3O2. The molecule has 0 radical (unpaired) electrons. The minimum atomic E-state index is -0.850. The Balaban J connectivity index is 1.15. The molecule has 0 amide bonds. The molecule has 2 saturated carbocycles. The van der Waals surface area contributed by atoms with Gasteiger partial charge in [0.15, 0.2) is 11.6 Å². The smallest absolute Gasteiger partial charge is 0.200 e. The number of aryl methyl sites for hydroxylation is 1. The second kappa shape index (κ2) is 13.2. The Kier molecular flexibility index (Phi) is 10.00. The van der Waals surface area contributed by atoms with Crippen LogP contribution in [0.1, 0.15) is 83.1 Å². The van der Waals surface area contributed by atoms with Crippen LogP contribution in [-0.2, 0) is 11.2 Å². The van der Waals surface area contributed by atoms with Gasteiger partial charge in [0.2, 0.25) is 5.82 Å². The van der Waals surface area contributed by atoms with E-state index in [9.17, 15) is 13.2 Å². The average Bonchev–Trinajstić information content (AvgIpc) is 2.90. The van der Waals surface area contributed by atoms with E-state index in [0.29, 0.717) is 30.4 Å². The van der Waals surface area contributed by atoms with Gasteiger partial charge in [0.1, 0.15) is 6.67 Å². The summed E-state index contributed by atoms with van der Waals surface area (Å²) < 4.78 is 52.0. The molecule has 2 nitrogen and oxygen atoms in total. The van der Waals surface area contributed by atoms with Crippen molar-refractivity contribution in [1.82, 2.24) is 0 Å². The summed E-state index contributed by atoms with van der Waals surface area (Å²) in [4.78, 5) is 0. The molecule has 0 N–H and O–H groups in total. The first-order chi connectivity index (χ1) is 17.1. The molecule has 196 valence electrons. The van der Waals surface area contributed by atoms with Crippen LogP contribution in [-0.4, -0.2) is 26.0 Å². The molecule has 4 rings (SSSR count). The Hall–Kier alpha value is -1.49. The van der Waals surface area contributed by atoms with Gasteiger partial charge in [0, 0.05) is 0 Å².